The topological polar surface area (TPSA) is 93.5 Å². The summed E-state index contributed by atoms with van der Waals surface area (Å²) in [4.78, 5) is 23.1. The fraction of sp³-hybridized carbons (Fsp3) is 0.267. The number of nitrogens with one attached hydrogen (secondary N) is 1. The SMILES string of the molecule is Cn1cc(CC(NC(=O)OCc2ccccc2)C(=O)O)c(Br)n1. The maximum absolute atomic E-state index is 11.8. The molecular weight excluding hydrogens is 366 g/mol. The standard InChI is InChI=1S/C15H16BrN3O4/c1-19-8-11(13(16)18-19)7-12(14(20)21)17-15(22)23-9-10-5-3-2-4-6-10/h2-6,8,12H,7,9H2,1H3,(H,17,22)(H,20,21). The first-order valence-corrected chi connectivity index (χ1v) is 7.63. The summed E-state index contributed by atoms with van der Waals surface area (Å²) in [6.07, 6.45) is 1.02. The second-order valence-electron chi connectivity index (χ2n) is 4.92. The molecule has 8 heteroatoms. The Morgan fingerprint density at radius 1 is 1.39 bits per heavy atom. The van der Waals surface area contributed by atoms with E-state index in [0.717, 1.165) is 5.56 Å². The Morgan fingerprint density at radius 3 is 2.65 bits per heavy atom. The molecule has 1 aromatic carbocycles. The van der Waals surface area contributed by atoms with Crippen molar-refractivity contribution in [2.45, 2.75) is 19.1 Å². The van der Waals surface area contributed by atoms with Crippen molar-refractivity contribution in [3.8, 4) is 0 Å². The Balaban J connectivity index is 1.92. The number of nitrogens with zero attached hydrogens (tertiary/aromatic N) is 2. The summed E-state index contributed by atoms with van der Waals surface area (Å²) in [5, 5.41) is 15.7. The van der Waals surface area contributed by atoms with Gasteiger partial charge in [-0.3, -0.25) is 4.68 Å². The van der Waals surface area contributed by atoms with Crippen molar-refractivity contribution in [2.24, 2.45) is 7.05 Å². The molecule has 2 aromatic rings. The van der Waals surface area contributed by atoms with Gasteiger partial charge in [-0.1, -0.05) is 30.3 Å². The van der Waals surface area contributed by atoms with Crippen LogP contribution >= 0.6 is 15.9 Å². The van der Waals surface area contributed by atoms with Crippen LogP contribution in [0.5, 0.6) is 0 Å². The van der Waals surface area contributed by atoms with E-state index in [-0.39, 0.29) is 13.0 Å². The second-order valence-corrected chi connectivity index (χ2v) is 5.67. The normalized spacial score (nSPS) is 11.7. The van der Waals surface area contributed by atoms with E-state index in [2.05, 4.69) is 26.3 Å². The van der Waals surface area contributed by atoms with Crippen LogP contribution in [0.25, 0.3) is 0 Å². The second kappa shape index (κ2) is 7.77. The van der Waals surface area contributed by atoms with E-state index in [1.807, 2.05) is 30.3 Å². The van der Waals surface area contributed by atoms with Crippen LogP contribution in [0.2, 0.25) is 0 Å². The van der Waals surface area contributed by atoms with Crippen molar-refractivity contribution < 1.29 is 19.4 Å². The van der Waals surface area contributed by atoms with Crippen molar-refractivity contribution in [1.29, 1.82) is 0 Å². The predicted molar refractivity (Wildman–Crippen MR) is 85.8 cm³/mol. The van der Waals surface area contributed by atoms with E-state index >= 15 is 0 Å². The van der Waals surface area contributed by atoms with Crippen LogP contribution in [0.15, 0.2) is 41.1 Å². The van der Waals surface area contributed by atoms with Gasteiger partial charge in [-0.05, 0) is 21.5 Å². The zero-order valence-corrected chi connectivity index (χ0v) is 14.0. The lowest BCUT2D eigenvalue weighted by Gasteiger charge is -2.14. The molecule has 0 saturated heterocycles. The van der Waals surface area contributed by atoms with Gasteiger partial charge in [-0.15, -0.1) is 0 Å². The van der Waals surface area contributed by atoms with Crippen molar-refractivity contribution >= 4 is 28.0 Å². The number of rotatable bonds is 6. The first kappa shape index (κ1) is 17.0. The molecule has 7 nitrogen and oxygen atoms in total. The third-order valence-corrected chi connectivity index (χ3v) is 3.75. The average molecular weight is 382 g/mol. The van der Waals surface area contributed by atoms with Gasteiger partial charge in [0.25, 0.3) is 0 Å². The molecule has 1 heterocycles. The minimum atomic E-state index is -1.14. The molecule has 0 radical (unpaired) electrons. The van der Waals surface area contributed by atoms with Gasteiger partial charge in [-0.2, -0.15) is 5.10 Å². The largest absolute Gasteiger partial charge is 0.480 e. The number of alkyl carbamates (subject to hydrolysis) is 1. The third kappa shape index (κ3) is 5.10. The smallest absolute Gasteiger partial charge is 0.408 e. The highest BCUT2D eigenvalue weighted by Gasteiger charge is 2.23. The zero-order valence-electron chi connectivity index (χ0n) is 12.4. The van der Waals surface area contributed by atoms with Gasteiger partial charge in [-0.25, -0.2) is 9.59 Å². The van der Waals surface area contributed by atoms with E-state index in [4.69, 9.17) is 4.74 Å². The van der Waals surface area contributed by atoms with Crippen LogP contribution < -0.4 is 5.32 Å². The number of aromatic nitrogens is 2. The molecule has 0 saturated carbocycles. The highest BCUT2D eigenvalue weighted by atomic mass is 79.9. The molecule has 0 aliphatic carbocycles. The zero-order chi connectivity index (χ0) is 16.8. The van der Waals surface area contributed by atoms with Gasteiger partial charge in [0.1, 0.15) is 17.3 Å². The van der Waals surface area contributed by atoms with Crippen LogP contribution in [-0.2, 0) is 29.6 Å². The van der Waals surface area contributed by atoms with Gasteiger partial charge >= 0.3 is 12.1 Å². The highest BCUT2D eigenvalue weighted by molar-refractivity contribution is 9.10. The van der Waals surface area contributed by atoms with Crippen LogP contribution in [0.1, 0.15) is 11.1 Å². The summed E-state index contributed by atoms with van der Waals surface area (Å²) in [5.74, 6) is -1.14. The lowest BCUT2D eigenvalue weighted by molar-refractivity contribution is -0.139. The van der Waals surface area contributed by atoms with E-state index in [9.17, 15) is 14.7 Å². The van der Waals surface area contributed by atoms with Gasteiger partial charge in [0, 0.05) is 25.2 Å². The molecule has 0 bridgehead atoms. The fourth-order valence-electron chi connectivity index (χ4n) is 1.97. The van der Waals surface area contributed by atoms with Crippen molar-refractivity contribution in [2.75, 3.05) is 0 Å². The van der Waals surface area contributed by atoms with Crippen molar-refractivity contribution in [1.82, 2.24) is 15.1 Å². The number of halogens is 1. The van der Waals surface area contributed by atoms with Gasteiger partial charge in [0.2, 0.25) is 0 Å². The Morgan fingerprint density at radius 2 is 2.09 bits per heavy atom. The van der Waals surface area contributed by atoms with Crippen LogP contribution in [-0.4, -0.2) is 33.0 Å². The molecule has 1 aromatic heterocycles. The Hall–Kier alpha value is -2.35. The Kier molecular flexibility index (Phi) is 5.75. The molecule has 1 amide bonds. The van der Waals surface area contributed by atoms with Gasteiger partial charge < -0.3 is 15.2 Å². The van der Waals surface area contributed by atoms with E-state index in [0.29, 0.717) is 10.2 Å². The maximum atomic E-state index is 11.8. The van der Waals surface area contributed by atoms with Gasteiger partial charge in [0.15, 0.2) is 0 Å². The number of hydrogen-bond acceptors (Lipinski definition) is 4. The third-order valence-electron chi connectivity index (χ3n) is 3.08. The summed E-state index contributed by atoms with van der Waals surface area (Å²) < 4.78 is 7.14. The minimum absolute atomic E-state index is 0.0790. The number of aliphatic carboxylic acids is 1. The summed E-state index contributed by atoms with van der Waals surface area (Å²) in [6, 6.07) is 8.05. The first-order valence-electron chi connectivity index (χ1n) is 6.83. The molecule has 2 rings (SSSR count). The quantitative estimate of drug-likeness (QED) is 0.798. The maximum Gasteiger partial charge on any atom is 0.408 e. The number of carboxylic acid groups (broad SMARTS) is 1. The monoisotopic (exact) mass is 381 g/mol. The number of benzene rings is 1. The fourth-order valence-corrected chi connectivity index (χ4v) is 2.49. The molecule has 0 aliphatic heterocycles. The van der Waals surface area contributed by atoms with Crippen LogP contribution in [0.3, 0.4) is 0 Å². The summed E-state index contributed by atoms with van der Waals surface area (Å²) in [6.45, 7) is 0.0790. The number of carboxylic acids is 1. The number of hydrogen-bond donors (Lipinski definition) is 2. The molecule has 0 aliphatic rings. The van der Waals surface area contributed by atoms with Gasteiger partial charge in [0.05, 0.1) is 0 Å². The summed E-state index contributed by atoms with van der Waals surface area (Å²) in [7, 11) is 1.73. The number of carbonyl (C=O) groups excluding carboxylic acids is 1. The number of ether oxygens (including phenoxy) is 1. The minimum Gasteiger partial charge on any atom is -0.480 e. The number of amides is 1. The average Bonchev–Trinajstić information content (AvgIpc) is 2.83. The summed E-state index contributed by atoms with van der Waals surface area (Å²) >= 11 is 3.25. The molecular formula is C15H16BrN3O4. The first-order chi connectivity index (χ1) is 11.0. The lowest BCUT2D eigenvalue weighted by Crippen LogP contribution is -2.42. The molecule has 23 heavy (non-hydrogen) atoms. The number of carbonyl (C=O) groups is 2. The van der Waals surface area contributed by atoms with Crippen molar-refractivity contribution in [3.05, 3.63) is 52.3 Å². The molecule has 1 atom stereocenters. The highest BCUT2D eigenvalue weighted by Crippen LogP contribution is 2.15. The number of aryl methyl sites for hydroxylation is 1. The van der Waals surface area contributed by atoms with Crippen molar-refractivity contribution in [3.63, 3.8) is 0 Å². The Labute approximate surface area is 141 Å². The molecule has 0 fully saturated rings. The van der Waals surface area contributed by atoms with Crippen LogP contribution in [0, 0.1) is 0 Å². The predicted octanol–water partition coefficient (Wildman–Crippen LogP) is 2.10. The molecule has 2 N–H and O–H groups in total. The molecule has 1 unspecified atom stereocenters. The summed E-state index contributed by atoms with van der Waals surface area (Å²) in [5.41, 5.74) is 1.51. The molecule has 122 valence electrons. The Bertz CT molecular complexity index is 687. The van der Waals surface area contributed by atoms with E-state index < -0.39 is 18.1 Å². The molecule has 0 spiro atoms. The van der Waals surface area contributed by atoms with E-state index in [1.54, 1.807) is 17.9 Å². The van der Waals surface area contributed by atoms with Crippen LogP contribution in [0.4, 0.5) is 4.79 Å². The van der Waals surface area contributed by atoms with E-state index in [1.165, 1.54) is 0 Å². The lowest BCUT2D eigenvalue weighted by atomic mass is 10.1.